The highest BCUT2D eigenvalue weighted by Crippen LogP contribution is 2.01. The summed E-state index contributed by atoms with van der Waals surface area (Å²) in [6.45, 7) is 1.62. The summed E-state index contributed by atoms with van der Waals surface area (Å²) in [5.74, 6) is -0.363. The number of Topliss-reactive ketones (excluding diaryl/α,β-unsaturated/α-hetero) is 1. The molecule has 0 atom stereocenters. The highest BCUT2D eigenvalue weighted by Gasteiger charge is 2.05. The maximum Gasteiger partial charge on any atom is 0.338 e. The van der Waals surface area contributed by atoms with Crippen molar-refractivity contribution in [2.75, 3.05) is 6.61 Å². The maximum atomic E-state index is 11.3. The van der Waals surface area contributed by atoms with Gasteiger partial charge in [-0.25, -0.2) is 4.79 Å². The molecular weight excluding hydrogens is 260 g/mol. The van der Waals surface area contributed by atoms with E-state index in [1.807, 2.05) is 29.0 Å². The molecule has 1 heterocycles. The van der Waals surface area contributed by atoms with Crippen molar-refractivity contribution in [2.24, 2.45) is 0 Å². The first kappa shape index (κ1) is 15.1. The van der Waals surface area contributed by atoms with Crippen LogP contribution in [0.5, 0.6) is 0 Å². The Morgan fingerprint density at radius 3 is 2.16 bits per heavy atom. The van der Waals surface area contributed by atoms with Crippen LogP contribution in [-0.2, 0) is 9.53 Å². The number of ketones is 1. The maximum absolute atomic E-state index is 11.3. The van der Waals surface area contributed by atoms with Crippen molar-refractivity contribution in [2.45, 2.75) is 13.3 Å². The van der Waals surface area contributed by atoms with Gasteiger partial charge in [0.05, 0.1) is 12.2 Å². The zero-order chi connectivity index (χ0) is 13.9. The molecule has 0 saturated carbocycles. The van der Waals surface area contributed by atoms with Crippen LogP contribution >= 0.6 is 11.3 Å². The zero-order valence-corrected chi connectivity index (χ0v) is 11.6. The van der Waals surface area contributed by atoms with Crippen molar-refractivity contribution in [3.05, 3.63) is 58.8 Å². The molecule has 0 aliphatic heterocycles. The lowest BCUT2D eigenvalue weighted by molar-refractivity contribution is -0.117. The number of hydrogen-bond acceptors (Lipinski definition) is 4. The Hall–Kier alpha value is -1.94. The summed E-state index contributed by atoms with van der Waals surface area (Å²) in [5, 5.41) is 4.08. The molecule has 2 aromatic rings. The summed E-state index contributed by atoms with van der Waals surface area (Å²) in [6.07, 6.45) is 0.276. The third-order valence-corrected chi connectivity index (χ3v) is 2.75. The summed E-state index contributed by atoms with van der Waals surface area (Å²) in [6, 6.07) is 12.7. The van der Waals surface area contributed by atoms with Gasteiger partial charge in [-0.3, -0.25) is 4.79 Å². The van der Waals surface area contributed by atoms with Gasteiger partial charge in [-0.2, -0.15) is 11.3 Å². The third-order valence-electron chi connectivity index (χ3n) is 2.12. The molecule has 1 aromatic carbocycles. The van der Waals surface area contributed by atoms with E-state index in [-0.39, 0.29) is 24.8 Å². The van der Waals surface area contributed by atoms with Gasteiger partial charge in [0, 0.05) is 6.42 Å². The highest BCUT2D eigenvalue weighted by atomic mass is 32.1. The van der Waals surface area contributed by atoms with Gasteiger partial charge in [0.1, 0.15) is 5.78 Å². The van der Waals surface area contributed by atoms with Gasteiger partial charge in [-0.05, 0) is 29.8 Å². The molecule has 0 fully saturated rings. The van der Waals surface area contributed by atoms with Crippen molar-refractivity contribution in [1.82, 2.24) is 0 Å². The molecule has 0 N–H and O–H groups in total. The van der Waals surface area contributed by atoms with Crippen LogP contribution in [-0.4, -0.2) is 18.4 Å². The lowest BCUT2D eigenvalue weighted by Crippen LogP contribution is -2.08. The van der Waals surface area contributed by atoms with E-state index >= 15 is 0 Å². The van der Waals surface area contributed by atoms with E-state index in [1.54, 1.807) is 35.6 Å². The van der Waals surface area contributed by atoms with Crippen molar-refractivity contribution in [3.63, 3.8) is 0 Å². The molecule has 0 bridgehead atoms. The Morgan fingerprint density at radius 1 is 1.05 bits per heavy atom. The Kier molecular flexibility index (Phi) is 7.20. The second-order valence-corrected chi connectivity index (χ2v) is 4.56. The van der Waals surface area contributed by atoms with Gasteiger partial charge in [0.15, 0.2) is 0 Å². The van der Waals surface area contributed by atoms with Crippen LogP contribution in [0.2, 0.25) is 0 Å². The first-order chi connectivity index (χ1) is 9.20. The van der Waals surface area contributed by atoms with Crippen molar-refractivity contribution >= 4 is 23.1 Å². The molecule has 0 aliphatic carbocycles. The predicted molar refractivity (Wildman–Crippen MR) is 76.3 cm³/mol. The summed E-state index contributed by atoms with van der Waals surface area (Å²) in [4.78, 5) is 21.9. The minimum Gasteiger partial charge on any atom is -0.462 e. The molecule has 0 radical (unpaired) electrons. The number of benzene rings is 1. The quantitative estimate of drug-likeness (QED) is 0.802. The number of hydrogen-bond donors (Lipinski definition) is 0. The first-order valence-corrected chi connectivity index (χ1v) is 6.83. The van der Waals surface area contributed by atoms with E-state index in [1.165, 1.54) is 6.92 Å². The first-order valence-electron chi connectivity index (χ1n) is 5.89. The summed E-state index contributed by atoms with van der Waals surface area (Å²) >= 11 is 1.71. The highest BCUT2D eigenvalue weighted by molar-refractivity contribution is 7.07. The lowest BCUT2D eigenvalue weighted by atomic mass is 10.2. The molecule has 0 spiro atoms. The van der Waals surface area contributed by atoms with E-state index in [0.29, 0.717) is 5.56 Å². The minimum absolute atomic E-state index is 0.0193. The zero-order valence-electron chi connectivity index (χ0n) is 10.7. The van der Waals surface area contributed by atoms with Gasteiger partial charge < -0.3 is 4.74 Å². The van der Waals surface area contributed by atoms with Crippen LogP contribution in [0, 0.1) is 0 Å². The average Bonchev–Trinajstić information content (AvgIpc) is 2.98. The number of carbonyl (C=O) groups is 2. The third kappa shape index (κ3) is 7.16. The second kappa shape index (κ2) is 9.05. The number of carbonyl (C=O) groups excluding carboxylic acids is 2. The molecule has 0 aliphatic rings. The fourth-order valence-electron chi connectivity index (χ4n) is 1.17. The Bertz CT molecular complexity index is 460. The predicted octanol–water partition coefficient (Wildman–Crippen LogP) is 3.57. The number of rotatable bonds is 4. The molecule has 2 rings (SSSR count). The Balaban J connectivity index is 0.000000300. The average molecular weight is 276 g/mol. The largest absolute Gasteiger partial charge is 0.462 e. The molecule has 19 heavy (non-hydrogen) atoms. The normalized spacial score (nSPS) is 9.11. The summed E-state index contributed by atoms with van der Waals surface area (Å²) in [5.41, 5.74) is 0.510. The molecular formula is C15H16O3S. The number of esters is 1. The Morgan fingerprint density at radius 2 is 1.68 bits per heavy atom. The molecule has 0 unspecified atom stereocenters. The van der Waals surface area contributed by atoms with Crippen molar-refractivity contribution in [3.8, 4) is 0 Å². The van der Waals surface area contributed by atoms with E-state index in [2.05, 4.69) is 0 Å². The van der Waals surface area contributed by atoms with Crippen LogP contribution in [0.25, 0.3) is 0 Å². The fraction of sp³-hybridized carbons (Fsp3) is 0.200. The van der Waals surface area contributed by atoms with E-state index in [4.69, 9.17) is 4.74 Å². The SMILES string of the molecule is CC(=O)CCOC(=O)c1ccccc1.c1ccsc1. The lowest BCUT2D eigenvalue weighted by Gasteiger charge is -2.02. The van der Waals surface area contributed by atoms with E-state index in [0.717, 1.165) is 0 Å². The molecule has 0 saturated heterocycles. The monoisotopic (exact) mass is 276 g/mol. The standard InChI is InChI=1S/C11H12O3.C4H4S/c1-9(12)7-8-14-11(13)10-5-3-2-4-6-10;1-2-4-5-3-1/h2-6H,7-8H2,1H3;1-4H. The van der Waals surface area contributed by atoms with Crippen LogP contribution in [0.3, 0.4) is 0 Å². The minimum atomic E-state index is -0.383. The fourth-order valence-corrected chi connectivity index (χ4v) is 1.63. The molecule has 0 amide bonds. The molecule has 1 aromatic heterocycles. The van der Waals surface area contributed by atoms with Gasteiger partial charge >= 0.3 is 5.97 Å². The second-order valence-electron chi connectivity index (χ2n) is 3.75. The van der Waals surface area contributed by atoms with E-state index in [9.17, 15) is 9.59 Å². The topological polar surface area (TPSA) is 43.4 Å². The molecule has 100 valence electrons. The van der Waals surface area contributed by atoms with Crippen LogP contribution in [0.15, 0.2) is 53.2 Å². The van der Waals surface area contributed by atoms with Crippen LogP contribution in [0.1, 0.15) is 23.7 Å². The molecule has 4 heteroatoms. The van der Waals surface area contributed by atoms with Gasteiger partial charge in [0.25, 0.3) is 0 Å². The summed E-state index contributed by atoms with van der Waals surface area (Å²) < 4.78 is 4.88. The van der Waals surface area contributed by atoms with Gasteiger partial charge in [0.2, 0.25) is 0 Å². The number of thiophene rings is 1. The van der Waals surface area contributed by atoms with Gasteiger partial charge in [-0.15, -0.1) is 0 Å². The summed E-state index contributed by atoms with van der Waals surface area (Å²) in [7, 11) is 0. The van der Waals surface area contributed by atoms with Crippen molar-refractivity contribution < 1.29 is 14.3 Å². The number of ether oxygens (including phenoxy) is 1. The van der Waals surface area contributed by atoms with Crippen LogP contribution in [0.4, 0.5) is 0 Å². The molecule has 3 nitrogen and oxygen atoms in total. The van der Waals surface area contributed by atoms with Gasteiger partial charge in [-0.1, -0.05) is 30.3 Å². The van der Waals surface area contributed by atoms with Crippen LogP contribution < -0.4 is 0 Å². The van der Waals surface area contributed by atoms with E-state index < -0.39 is 0 Å². The van der Waals surface area contributed by atoms with Crippen molar-refractivity contribution in [1.29, 1.82) is 0 Å². The smallest absolute Gasteiger partial charge is 0.338 e. The Labute approximate surface area is 116 Å².